The molecule has 0 unspecified atom stereocenters. The Labute approximate surface area is 81.5 Å². The molecule has 1 saturated heterocycles. The number of nitrogens with zero attached hydrogens (tertiary/aromatic N) is 2. The number of aromatic amines is 1. The van der Waals surface area contributed by atoms with Crippen LogP contribution in [0.5, 0.6) is 0 Å². The van der Waals surface area contributed by atoms with Crippen molar-refractivity contribution in [2.45, 2.75) is 18.9 Å². The number of piperidine rings is 1. The van der Waals surface area contributed by atoms with E-state index in [0.717, 1.165) is 25.9 Å². The van der Waals surface area contributed by atoms with Gasteiger partial charge in [0, 0.05) is 12.6 Å². The van der Waals surface area contributed by atoms with E-state index < -0.39 is 0 Å². The summed E-state index contributed by atoms with van der Waals surface area (Å²) in [5.41, 5.74) is 0. The lowest BCUT2D eigenvalue weighted by molar-refractivity contribution is 0.0920. The summed E-state index contributed by atoms with van der Waals surface area (Å²) < 4.78 is 0. The van der Waals surface area contributed by atoms with Gasteiger partial charge in [0.25, 0.3) is 5.91 Å². The number of nitrogens with one attached hydrogen (secondary N) is 3. The van der Waals surface area contributed by atoms with Crippen molar-refractivity contribution in [3.8, 4) is 0 Å². The van der Waals surface area contributed by atoms with Crippen LogP contribution in [0.3, 0.4) is 0 Å². The SMILES string of the molecule is O=C(N[C@@H]1CCCNC1)c1ncn[nH]1. The van der Waals surface area contributed by atoms with Gasteiger partial charge in [0.1, 0.15) is 6.33 Å². The molecule has 1 aromatic heterocycles. The predicted molar refractivity (Wildman–Crippen MR) is 49.7 cm³/mol. The fourth-order valence-electron chi connectivity index (χ4n) is 1.54. The van der Waals surface area contributed by atoms with Gasteiger partial charge >= 0.3 is 0 Å². The summed E-state index contributed by atoms with van der Waals surface area (Å²) in [5.74, 6) is 0.0896. The first kappa shape index (κ1) is 9.14. The molecule has 1 aliphatic rings. The molecule has 1 aliphatic heterocycles. The van der Waals surface area contributed by atoms with Crippen LogP contribution in [0.25, 0.3) is 0 Å². The first-order valence-electron chi connectivity index (χ1n) is 4.73. The maximum absolute atomic E-state index is 11.5. The Kier molecular flexibility index (Phi) is 2.73. The number of aromatic nitrogens is 3. The predicted octanol–water partition coefficient (Wildman–Crippen LogP) is -0.713. The van der Waals surface area contributed by atoms with Crippen LogP contribution >= 0.6 is 0 Å². The Morgan fingerprint density at radius 2 is 2.57 bits per heavy atom. The third-order valence-electron chi connectivity index (χ3n) is 2.26. The lowest BCUT2D eigenvalue weighted by Crippen LogP contribution is -2.45. The maximum atomic E-state index is 11.5. The van der Waals surface area contributed by atoms with Crippen molar-refractivity contribution in [3.63, 3.8) is 0 Å². The topological polar surface area (TPSA) is 82.7 Å². The average Bonchev–Trinajstić information content (AvgIpc) is 2.72. The molecule has 0 spiro atoms. The Balaban J connectivity index is 1.87. The van der Waals surface area contributed by atoms with Gasteiger partial charge in [-0.15, -0.1) is 0 Å². The van der Waals surface area contributed by atoms with Crippen LogP contribution in [-0.2, 0) is 0 Å². The summed E-state index contributed by atoms with van der Waals surface area (Å²) in [6.45, 7) is 1.87. The van der Waals surface area contributed by atoms with E-state index in [-0.39, 0.29) is 17.8 Å². The standard InChI is InChI=1S/C8H13N5O/c14-8(7-10-5-11-13-7)12-6-2-1-3-9-4-6/h5-6,9H,1-4H2,(H,12,14)(H,10,11,13)/t6-/m1/s1. The summed E-state index contributed by atoms with van der Waals surface area (Å²) in [5, 5.41) is 12.3. The maximum Gasteiger partial charge on any atom is 0.288 e. The van der Waals surface area contributed by atoms with Gasteiger partial charge in [-0.2, -0.15) is 5.10 Å². The lowest BCUT2D eigenvalue weighted by Gasteiger charge is -2.23. The highest BCUT2D eigenvalue weighted by Crippen LogP contribution is 2.01. The molecule has 0 aliphatic carbocycles. The number of rotatable bonds is 2. The van der Waals surface area contributed by atoms with Crippen LogP contribution in [0.1, 0.15) is 23.5 Å². The Hall–Kier alpha value is -1.43. The van der Waals surface area contributed by atoms with Gasteiger partial charge < -0.3 is 10.6 Å². The van der Waals surface area contributed by atoms with Crippen LogP contribution in [0.4, 0.5) is 0 Å². The fourth-order valence-corrected chi connectivity index (χ4v) is 1.54. The molecule has 1 atom stereocenters. The third-order valence-corrected chi connectivity index (χ3v) is 2.26. The monoisotopic (exact) mass is 195 g/mol. The van der Waals surface area contributed by atoms with Crippen molar-refractivity contribution < 1.29 is 4.79 Å². The van der Waals surface area contributed by atoms with Gasteiger partial charge in [0.15, 0.2) is 0 Å². The summed E-state index contributed by atoms with van der Waals surface area (Å²) >= 11 is 0. The molecule has 1 amide bonds. The zero-order valence-corrected chi connectivity index (χ0v) is 7.79. The molecule has 0 aromatic carbocycles. The molecule has 6 heteroatoms. The summed E-state index contributed by atoms with van der Waals surface area (Å²) in [6.07, 6.45) is 3.45. The molecule has 14 heavy (non-hydrogen) atoms. The number of H-pyrrole nitrogens is 1. The smallest absolute Gasteiger partial charge is 0.288 e. The molecular formula is C8H13N5O. The minimum Gasteiger partial charge on any atom is -0.345 e. The normalized spacial score (nSPS) is 21.9. The van der Waals surface area contributed by atoms with Gasteiger partial charge in [0.2, 0.25) is 5.82 Å². The molecule has 1 aromatic rings. The van der Waals surface area contributed by atoms with Crippen LogP contribution in [0, 0.1) is 0 Å². The van der Waals surface area contributed by atoms with Crippen LogP contribution in [-0.4, -0.2) is 40.2 Å². The van der Waals surface area contributed by atoms with Crippen LogP contribution < -0.4 is 10.6 Å². The highest BCUT2D eigenvalue weighted by atomic mass is 16.2. The molecule has 3 N–H and O–H groups in total. The molecule has 0 bridgehead atoms. The van der Waals surface area contributed by atoms with Crippen LogP contribution in [0.15, 0.2) is 6.33 Å². The summed E-state index contributed by atoms with van der Waals surface area (Å²) in [6, 6.07) is 0.210. The van der Waals surface area contributed by atoms with E-state index in [1.807, 2.05) is 0 Å². The number of hydrogen-bond acceptors (Lipinski definition) is 4. The van der Waals surface area contributed by atoms with Crippen molar-refractivity contribution in [2.75, 3.05) is 13.1 Å². The number of carbonyl (C=O) groups is 1. The summed E-state index contributed by atoms with van der Waals surface area (Å²) in [7, 11) is 0. The Bertz CT molecular complexity index is 291. The van der Waals surface area contributed by atoms with Crippen molar-refractivity contribution in [3.05, 3.63) is 12.2 Å². The van der Waals surface area contributed by atoms with Gasteiger partial charge in [0.05, 0.1) is 0 Å². The first-order chi connectivity index (χ1) is 6.86. The number of amides is 1. The number of hydrogen-bond donors (Lipinski definition) is 3. The van der Waals surface area contributed by atoms with Crippen molar-refractivity contribution in [2.24, 2.45) is 0 Å². The molecule has 0 radical (unpaired) electrons. The molecule has 2 rings (SSSR count). The van der Waals surface area contributed by atoms with E-state index in [4.69, 9.17) is 0 Å². The second-order valence-electron chi connectivity index (χ2n) is 3.35. The van der Waals surface area contributed by atoms with E-state index in [2.05, 4.69) is 25.8 Å². The van der Waals surface area contributed by atoms with E-state index in [0.29, 0.717) is 0 Å². The van der Waals surface area contributed by atoms with Crippen molar-refractivity contribution >= 4 is 5.91 Å². The first-order valence-corrected chi connectivity index (χ1v) is 4.73. The number of carbonyl (C=O) groups excluding carboxylic acids is 1. The summed E-state index contributed by atoms with van der Waals surface area (Å²) in [4.78, 5) is 15.3. The Morgan fingerprint density at radius 3 is 3.21 bits per heavy atom. The van der Waals surface area contributed by atoms with Gasteiger partial charge in [-0.3, -0.25) is 9.89 Å². The average molecular weight is 195 g/mol. The van der Waals surface area contributed by atoms with E-state index in [1.54, 1.807) is 0 Å². The van der Waals surface area contributed by atoms with Crippen molar-refractivity contribution in [1.29, 1.82) is 0 Å². The minimum atomic E-state index is -0.184. The Morgan fingerprint density at radius 1 is 1.64 bits per heavy atom. The fraction of sp³-hybridized carbons (Fsp3) is 0.625. The second-order valence-corrected chi connectivity index (χ2v) is 3.35. The molecule has 1 fully saturated rings. The lowest BCUT2D eigenvalue weighted by atomic mass is 10.1. The van der Waals surface area contributed by atoms with Gasteiger partial charge in [-0.1, -0.05) is 0 Å². The molecule has 76 valence electrons. The molecule has 0 saturated carbocycles. The molecule has 2 heterocycles. The van der Waals surface area contributed by atoms with E-state index >= 15 is 0 Å². The van der Waals surface area contributed by atoms with Gasteiger partial charge in [-0.25, -0.2) is 4.98 Å². The highest BCUT2D eigenvalue weighted by Gasteiger charge is 2.17. The molecule has 6 nitrogen and oxygen atoms in total. The highest BCUT2D eigenvalue weighted by molar-refractivity contribution is 5.90. The minimum absolute atomic E-state index is 0.184. The van der Waals surface area contributed by atoms with Gasteiger partial charge in [-0.05, 0) is 19.4 Å². The molecular weight excluding hydrogens is 182 g/mol. The largest absolute Gasteiger partial charge is 0.345 e. The van der Waals surface area contributed by atoms with E-state index in [1.165, 1.54) is 6.33 Å². The quantitative estimate of drug-likeness (QED) is 0.582. The van der Waals surface area contributed by atoms with Crippen molar-refractivity contribution in [1.82, 2.24) is 25.8 Å². The zero-order chi connectivity index (χ0) is 9.80. The zero-order valence-electron chi connectivity index (χ0n) is 7.79. The third kappa shape index (κ3) is 2.08. The van der Waals surface area contributed by atoms with Crippen LogP contribution in [0.2, 0.25) is 0 Å². The second kappa shape index (κ2) is 4.19. The van der Waals surface area contributed by atoms with E-state index in [9.17, 15) is 4.79 Å².